The van der Waals surface area contributed by atoms with Crippen molar-refractivity contribution in [2.45, 2.75) is 13.2 Å². The summed E-state index contributed by atoms with van der Waals surface area (Å²) in [4.78, 5) is 0. The van der Waals surface area contributed by atoms with Crippen LogP contribution < -0.4 is 14.9 Å². The highest BCUT2D eigenvalue weighted by atomic mass is 79.9. The number of hydrogen-bond acceptors (Lipinski definition) is 4. The van der Waals surface area contributed by atoms with Crippen molar-refractivity contribution in [2.75, 3.05) is 7.11 Å². The van der Waals surface area contributed by atoms with Gasteiger partial charge in [0.05, 0.1) is 24.3 Å². The first kappa shape index (κ1) is 20.4. The molecule has 3 aromatic carbocycles. The minimum absolute atomic E-state index is 0.514. The molecule has 3 aromatic rings. The van der Waals surface area contributed by atoms with Crippen LogP contribution in [0.1, 0.15) is 16.7 Å². The van der Waals surface area contributed by atoms with E-state index in [4.69, 9.17) is 9.47 Å². The van der Waals surface area contributed by atoms with Crippen LogP contribution in [0, 0.1) is 0 Å². The number of para-hydroxylation sites is 1. The third-order valence-corrected chi connectivity index (χ3v) is 5.18. The van der Waals surface area contributed by atoms with Gasteiger partial charge in [-0.3, -0.25) is 0 Å². The van der Waals surface area contributed by atoms with Crippen LogP contribution in [0.15, 0.2) is 80.8 Å². The predicted molar refractivity (Wildman–Crippen MR) is 120 cm³/mol. The molecular weight excluding hydrogens is 484 g/mol. The van der Waals surface area contributed by atoms with E-state index in [1.165, 1.54) is 0 Å². The molecule has 0 aromatic heterocycles. The molecule has 0 bridgehead atoms. The van der Waals surface area contributed by atoms with E-state index in [1.807, 2.05) is 66.7 Å². The molecule has 0 aliphatic rings. The number of halogens is 2. The van der Waals surface area contributed by atoms with E-state index in [2.05, 4.69) is 42.4 Å². The second-order valence-electron chi connectivity index (χ2n) is 6.01. The monoisotopic (exact) mass is 502 g/mol. The van der Waals surface area contributed by atoms with Gasteiger partial charge in [0.25, 0.3) is 0 Å². The molecule has 0 unspecified atom stereocenters. The van der Waals surface area contributed by atoms with Gasteiger partial charge >= 0.3 is 0 Å². The maximum absolute atomic E-state index is 5.89. The van der Waals surface area contributed by atoms with E-state index in [0.717, 1.165) is 37.1 Å². The molecule has 28 heavy (non-hydrogen) atoms. The Kier molecular flexibility index (Phi) is 7.51. The highest BCUT2D eigenvalue weighted by Crippen LogP contribution is 2.26. The zero-order valence-electron chi connectivity index (χ0n) is 15.4. The number of methoxy groups -OCH3 is 1. The average Bonchev–Trinajstić information content (AvgIpc) is 2.72. The summed E-state index contributed by atoms with van der Waals surface area (Å²) >= 11 is 7.00. The molecule has 0 spiro atoms. The lowest BCUT2D eigenvalue weighted by molar-refractivity contribution is 0.304. The lowest BCUT2D eigenvalue weighted by Gasteiger charge is -2.09. The van der Waals surface area contributed by atoms with E-state index in [1.54, 1.807) is 13.3 Å². The molecule has 6 heteroatoms. The Bertz CT molecular complexity index is 944. The summed E-state index contributed by atoms with van der Waals surface area (Å²) in [6.45, 7) is 1.11. The van der Waals surface area contributed by atoms with Crippen molar-refractivity contribution in [3.05, 3.63) is 92.4 Å². The summed E-state index contributed by atoms with van der Waals surface area (Å²) in [5.41, 5.74) is 6.19. The number of nitrogens with one attached hydrogen (secondary N) is 1. The minimum atomic E-state index is 0.514. The van der Waals surface area contributed by atoms with Crippen LogP contribution in [0.4, 0.5) is 0 Å². The van der Waals surface area contributed by atoms with Gasteiger partial charge in [0, 0.05) is 10.0 Å². The fourth-order valence-electron chi connectivity index (χ4n) is 2.56. The van der Waals surface area contributed by atoms with Crippen molar-refractivity contribution < 1.29 is 9.47 Å². The zero-order valence-corrected chi connectivity index (χ0v) is 18.5. The SMILES string of the molecule is COc1ccccc1CN/N=C\c1ccc(OCc2ccc(Br)cc2)c(Br)c1. The van der Waals surface area contributed by atoms with Gasteiger partial charge in [-0.25, -0.2) is 0 Å². The highest BCUT2D eigenvalue weighted by molar-refractivity contribution is 9.10. The standard InChI is InChI=1S/C22H20Br2N2O2/c1-27-21-5-3-2-4-18(21)14-26-25-13-17-8-11-22(20(24)12-17)28-15-16-6-9-19(23)10-7-16/h2-13,26H,14-15H2,1H3/b25-13-. The molecule has 0 aliphatic heterocycles. The van der Waals surface area contributed by atoms with Crippen LogP contribution >= 0.6 is 31.9 Å². The third kappa shape index (κ3) is 5.84. The van der Waals surface area contributed by atoms with Crippen LogP contribution in [0.5, 0.6) is 11.5 Å². The first-order chi connectivity index (χ1) is 13.7. The summed E-state index contributed by atoms with van der Waals surface area (Å²) in [6.07, 6.45) is 1.78. The second-order valence-corrected chi connectivity index (χ2v) is 7.78. The topological polar surface area (TPSA) is 42.8 Å². The third-order valence-electron chi connectivity index (χ3n) is 4.03. The van der Waals surface area contributed by atoms with Crippen molar-refractivity contribution in [1.82, 2.24) is 5.43 Å². The van der Waals surface area contributed by atoms with Gasteiger partial charge in [0.1, 0.15) is 18.1 Å². The Morgan fingerprint density at radius 3 is 2.50 bits per heavy atom. The van der Waals surface area contributed by atoms with Crippen molar-refractivity contribution in [3.63, 3.8) is 0 Å². The summed E-state index contributed by atoms with van der Waals surface area (Å²) in [5, 5.41) is 4.29. The quantitative estimate of drug-likeness (QED) is 0.306. The van der Waals surface area contributed by atoms with Gasteiger partial charge in [0.2, 0.25) is 0 Å². The molecule has 1 N–H and O–H groups in total. The van der Waals surface area contributed by atoms with Crippen molar-refractivity contribution in [2.24, 2.45) is 5.10 Å². The molecule has 0 heterocycles. The van der Waals surface area contributed by atoms with E-state index >= 15 is 0 Å². The van der Waals surface area contributed by atoms with Crippen LogP contribution in [0.25, 0.3) is 0 Å². The molecule has 0 fully saturated rings. The molecule has 0 saturated heterocycles. The Labute approximate surface area is 181 Å². The average molecular weight is 504 g/mol. The number of nitrogens with zero attached hydrogens (tertiary/aromatic N) is 1. The number of benzene rings is 3. The number of rotatable bonds is 8. The fourth-order valence-corrected chi connectivity index (χ4v) is 3.33. The molecule has 144 valence electrons. The fraction of sp³-hybridized carbons (Fsp3) is 0.136. The summed E-state index contributed by atoms with van der Waals surface area (Å²) < 4.78 is 13.2. The molecule has 0 saturated carbocycles. The van der Waals surface area contributed by atoms with Crippen molar-refractivity contribution in [1.29, 1.82) is 0 Å². The van der Waals surface area contributed by atoms with Crippen molar-refractivity contribution >= 4 is 38.1 Å². The Morgan fingerprint density at radius 2 is 1.75 bits per heavy atom. The first-order valence-corrected chi connectivity index (χ1v) is 10.3. The van der Waals surface area contributed by atoms with E-state index in [9.17, 15) is 0 Å². The van der Waals surface area contributed by atoms with Gasteiger partial charge in [-0.05, 0) is 63.5 Å². The summed E-state index contributed by atoms with van der Waals surface area (Å²) in [7, 11) is 1.67. The van der Waals surface area contributed by atoms with Gasteiger partial charge in [-0.15, -0.1) is 0 Å². The molecule has 0 radical (unpaired) electrons. The van der Waals surface area contributed by atoms with E-state index in [0.29, 0.717) is 13.2 Å². The lowest BCUT2D eigenvalue weighted by Crippen LogP contribution is -2.06. The number of ether oxygens (including phenoxy) is 2. The Morgan fingerprint density at radius 1 is 0.964 bits per heavy atom. The Balaban J connectivity index is 1.54. The van der Waals surface area contributed by atoms with Crippen LogP contribution in [-0.2, 0) is 13.2 Å². The van der Waals surface area contributed by atoms with Crippen LogP contribution in [0.3, 0.4) is 0 Å². The maximum Gasteiger partial charge on any atom is 0.134 e. The maximum atomic E-state index is 5.89. The highest BCUT2D eigenvalue weighted by Gasteiger charge is 2.03. The van der Waals surface area contributed by atoms with Gasteiger partial charge in [0.15, 0.2) is 0 Å². The first-order valence-electron chi connectivity index (χ1n) is 8.70. The lowest BCUT2D eigenvalue weighted by atomic mass is 10.2. The molecule has 0 atom stereocenters. The van der Waals surface area contributed by atoms with Crippen LogP contribution in [0.2, 0.25) is 0 Å². The van der Waals surface area contributed by atoms with Gasteiger partial charge in [-0.2, -0.15) is 5.10 Å². The smallest absolute Gasteiger partial charge is 0.134 e. The zero-order chi connectivity index (χ0) is 19.8. The summed E-state index contributed by atoms with van der Waals surface area (Å²) in [6, 6.07) is 21.8. The molecule has 0 aliphatic carbocycles. The normalized spacial score (nSPS) is 10.8. The molecule has 0 amide bonds. The minimum Gasteiger partial charge on any atom is -0.496 e. The van der Waals surface area contributed by atoms with Crippen molar-refractivity contribution in [3.8, 4) is 11.5 Å². The van der Waals surface area contributed by atoms with E-state index < -0.39 is 0 Å². The van der Waals surface area contributed by atoms with Crippen LogP contribution in [-0.4, -0.2) is 13.3 Å². The van der Waals surface area contributed by atoms with Gasteiger partial charge in [-0.1, -0.05) is 46.3 Å². The molecule has 4 nitrogen and oxygen atoms in total. The van der Waals surface area contributed by atoms with Gasteiger partial charge < -0.3 is 14.9 Å². The largest absolute Gasteiger partial charge is 0.496 e. The van der Waals surface area contributed by atoms with E-state index in [-0.39, 0.29) is 0 Å². The number of hydrazone groups is 1. The predicted octanol–water partition coefficient (Wildman–Crippen LogP) is 5.92. The Hall–Kier alpha value is -2.31. The summed E-state index contributed by atoms with van der Waals surface area (Å²) in [5.74, 6) is 1.64. The molecular formula is C22H20Br2N2O2. The number of hydrogen-bond donors (Lipinski definition) is 1. The second kappa shape index (κ2) is 10.3. The molecule has 3 rings (SSSR count).